The van der Waals surface area contributed by atoms with Gasteiger partial charge >= 0.3 is 6.03 Å². The summed E-state index contributed by atoms with van der Waals surface area (Å²) in [4.78, 5) is 11.8. The molecule has 0 atom stereocenters. The summed E-state index contributed by atoms with van der Waals surface area (Å²) in [6.45, 7) is 2.58. The Kier molecular flexibility index (Phi) is 5.84. The number of rotatable bonds is 5. The summed E-state index contributed by atoms with van der Waals surface area (Å²) in [6, 6.07) is 13.9. The van der Waals surface area contributed by atoms with Crippen LogP contribution in [0.3, 0.4) is 0 Å². The van der Waals surface area contributed by atoms with Gasteiger partial charge in [0.2, 0.25) is 0 Å². The number of ether oxygens (including phenoxy) is 1. The highest BCUT2D eigenvalue weighted by atomic mass is 35.5. The molecule has 0 fully saturated rings. The Hall–Kier alpha value is -2.71. The zero-order valence-corrected chi connectivity index (χ0v) is 13.4. The molecule has 0 aliphatic heterocycles. The van der Waals surface area contributed by atoms with E-state index in [1.165, 1.54) is 0 Å². The molecule has 0 saturated carbocycles. The molecule has 5 nitrogen and oxygen atoms in total. The minimum atomic E-state index is -0.362. The van der Waals surface area contributed by atoms with Gasteiger partial charge in [-0.1, -0.05) is 23.7 Å². The average molecular weight is 330 g/mol. The number of hydrogen-bond donors (Lipinski definition) is 2. The van der Waals surface area contributed by atoms with Crippen molar-refractivity contribution < 1.29 is 9.53 Å². The van der Waals surface area contributed by atoms with Crippen LogP contribution in [-0.2, 0) is 0 Å². The number of benzene rings is 2. The molecule has 2 rings (SSSR count). The fraction of sp³-hybridized carbons (Fsp3) is 0.176. The van der Waals surface area contributed by atoms with E-state index >= 15 is 0 Å². The molecule has 2 amide bonds. The minimum absolute atomic E-state index is 0.300. The molecule has 118 valence electrons. The summed E-state index contributed by atoms with van der Waals surface area (Å²) < 4.78 is 5.54. The van der Waals surface area contributed by atoms with Crippen molar-refractivity contribution in [2.75, 3.05) is 18.5 Å². The summed E-state index contributed by atoms with van der Waals surface area (Å²) in [5, 5.41) is 14.7. The maximum absolute atomic E-state index is 11.8. The lowest BCUT2D eigenvalue weighted by Gasteiger charge is -2.10. The molecule has 23 heavy (non-hydrogen) atoms. The van der Waals surface area contributed by atoms with Gasteiger partial charge in [-0.15, -0.1) is 0 Å². The number of urea groups is 1. The van der Waals surface area contributed by atoms with E-state index in [9.17, 15) is 4.79 Å². The van der Waals surface area contributed by atoms with Gasteiger partial charge in [-0.2, -0.15) is 5.26 Å². The van der Waals surface area contributed by atoms with Crippen LogP contribution in [0, 0.1) is 18.3 Å². The third-order valence-electron chi connectivity index (χ3n) is 2.98. The quantitative estimate of drug-likeness (QED) is 0.821. The third-order valence-corrected chi connectivity index (χ3v) is 3.29. The number of carbonyl (C=O) groups excluding carboxylic acids is 1. The monoisotopic (exact) mass is 329 g/mol. The van der Waals surface area contributed by atoms with Crippen molar-refractivity contribution in [3.05, 3.63) is 58.6 Å². The van der Waals surface area contributed by atoms with Gasteiger partial charge < -0.3 is 15.4 Å². The van der Waals surface area contributed by atoms with Crippen LogP contribution < -0.4 is 15.4 Å². The van der Waals surface area contributed by atoms with Gasteiger partial charge in [0.15, 0.2) is 0 Å². The second kappa shape index (κ2) is 8.06. The van der Waals surface area contributed by atoms with Crippen molar-refractivity contribution in [3.63, 3.8) is 0 Å². The Bertz CT molecular complexity index is 741. The Morgan fingerprint density at radius 2 is 2.13 bits per heavy atom. The predicted octanol–water partition coefficient (Wildman–Crippen LogP) is 3.72. The first-order chi connectivity index (χ1) is 11.1. The molecule has 0 aromatic heterocycles. The van der Waals surface area contributed by atoms with Gasteiger partial charge in [-0.05, 0) is 42.8 Å². The Morgan fingerprint density at radius 1 is 1.30 bits per heavy atom. The largest absolute Gasteiger partial charge is 0.490 e. The molecule has 2 aromatic carbocycles. The molecular weight excluding hydrogens is 314 g/mol. The van der Waals surface area contributed by atoms with Gasteiger partial charge in [0.1, 0.15) is 12.4 Å². The van der Waals surface area contributed by atoms with E-state index in [0.29, 0.717) is 35.2 Å². The van der Waals surface area contributed by atoms with Gasteiger partial charge in [0.25, 0.3) is 0 Å². The fourth-order valence-electron chi connectivity index (χ4n) is 1.89. The van der Waals surface area contributed by atoms with Gasteiger partial charge in [-0.3, -0.25) is 0 Å². The molecule has 0 spiro atoms. The summed E-state index contributed by atoms with van der Waals surface area (Å²) in [5.74, 6) is 0.593. The van der Waals surface area contributed by atoms with Crippen molar-refractivity contribution in [1.82, 2.24) is 5.32 Å². The number of halogens is 1. The van der Waals surface area contributed by atoms with Crippen LogP contribution in [-0.4, -0.2) is 19.2 Å². The lowest BCUT2D eigenvalue weighted by molar-refractivity contribution is 0.247. The number of anilines is 1. The van der Waals surface area contributed by atoms with E-state index in [2.05, 4.69) is 10.6 Å². The molecule has 2 aromatic rings. The number of aryl methyl sites for hydroxylation is 1. The molecule has 0 aliphatic rings. The Morgan fingerprint density at radius 3 is 2.91 bits per heavy atom. The molecule has 0 unspecified atom stereocenters. The normalized spacial score (nSPS) is 9.78. The highest BCUT2D eigenvalue weighted by Gasteiger charge is 2.04. The molecule has 0 heterocycles. The molecule has 0 aliphatic carbocycles. The van der Waals surface area contributed by atoms with Crippen LogP contribution in [0.25, 0.3) is 0 Å². The maximum Gasteiger partial charge on any atom is 0.319 e. The predicted molar refractivity (Wildman–Crippen MR) is 89.9 cm³/mol. The second-order valence-electron chi connectivity index (χ2n) is 4.86. The summed E-state index contributed by atoms with van der Waals surface area (Å²) in [5.41, 5.74) is 2.09. The summed E-state index contributed by atoms with van der Waals surface area (Å²) >= 11 is 6.02. The first-order valence-corrected chi connectivity index (χ1v) is 7.40. The number of nitrogens with one attached hydrogen (secondary N) is 2. The van der Waals surface area contributed by atoms with Crippen LogP contribution in [0.1, 0.15) is 11.1 Å². The molecular formula is C17H16ClN3O2. The SMILES string of the molecule is Cc1ccc(Cl)c(OCCNC(=O)Nc2cccc(C#N)c2)c1. The maximum atomic E-state index is 11.8. The molecule has 0 saturated heterocycles. The first kappa shape index (κ1) is 16.7. The minimum Gasteiger partial charge on any atom is -0.490 e. The highest BCUT2D eigenvalue weighted by molar-refractivity contribution is 6.32. The van der Waals surface area contributed by atoms with E-state index in [1.54, 1.807) is 30.3 Å². The second-order valence-corrected chi connectivity index (χ2v) is 5.26. The van der Waals surface area contributed by atoms with Crippen LogP contribution in [0.15, 0.2) is 42.5 Å². The zero-order chi connectivity index (χ0) is 16.7. The van der Waals surface area contributed by atoms with Crippen LogP contribution >= 0.6 is 11.6 Å². The van der Waals surface area contributed by atoms with E-state index in [1.807, 2.05) is 25.1 Å². The van der Waals surface area contributed by atoms with Gasteiger partial charge in [0, 0.05) is 5.69 Å². The van der Waals surface area contributed by atoms with Crippen molar-refractivity contribution in [3.8, 4) is 11.8 Å². The van der Waals surface area contributed by atoms with Crippen molar-refractivity contribution >= 4 is 23.3 Å². The molecule has 6 heteroatoms. The summed E-state index contributed by atoms with van der Waals surface area (Å²) in [6.07, 6.45) is 0. The van der Waals surface area contributed by atoms with E-state index in [-0.39, 0.29) is 6.03 Å². The molecule has 2 N–H and O–H groups in total. The molecule has 0 radical (unpaired) electrons. The zero-order valence-electron chi connectivity index (χ0n) is 12.6. The van der Waals surface area contributed by atoms with Crippen LogP contribution in [0.4, 0.5) is 10.5 Å². The van der Waals surface area contributed by atoms with Crippen LogP contribution in [0.2, 0.25) is 5.02 Å². The smallest absolute Gasteiger partial charge is 0.319 e. The van der Waals surface area contributed by atoms with Gasteiger partial charge in [0.05, 0.1) is 23.2 Å². The number of hydrogen-bond acceptors (Lipinski definition) is 3. The Labute approximate surface area is 139 Å². The number of carbonyl (C=O) groups is 1. The highest BCUT2D eigenvalue weighted by Crippen LogP contribution is 2.24. The van der Waals surface area contributed by atoms with Gasteiger partial charge in [-0.25, -0.2) is 4.79 Å². The van der Waals surface area contributed by atoms with Crippen molar-refractivity contribution in [2.45, 2.75) is 6.92 Å². The van der Waals surface area contributed by atoms with E-state index in [0.717, 1.165) is 5.56 Å². The van der Waals surface area contributed by atoms with E-state index in [4.69, 9.17) is 21.6 Å². The van der Waals surface area contributed by atoms with E-state index < -0.39 is 0 Å². The topological polar surface area (TPSA) is 74.2 Å². The lowest BCUT2D eigenvalue weighted by Crippen LogP contribution is -2.32. The van der Waals surface area contributed by atoms with Crippen molar-refractivity contribution in [2.24, 2.45) is 0 Å². The average Bonchev–Trinajstić information content (AvgIpc) is 2.54. The number of amides is 2. The Balaban J connectivity index is 1.76. The fourth-order valence-corrected chi connectivity index (χ4v) is 2.06. The summed E-state index contributed by atoms with van der Waals surface area (Å²) in [7, 11) is 0. The lowest BCUT2D eigenvalue weighted by atomic mass is 10.2. The molecule has 0 bridgehead atoms. The van der Waals surface area contributed by atoms with Crippen molar-refractivity contribution in [1.29, 1.82) is 5.26 Å². The number of nitrogens with zero attached hydrogens (tertiary/aromatic N) is 1. The third kappa shape index (κ3) is 5.20. The first-order valence-electron chi connectivity index (χ1n) is 7.02. The van der Waals surface area contributed by atoms with Crippen LogP contribution in [0.5, 0.6) is 5.75 Å². The number of nitriles is 1. The standard InChI is InChI=1S/C17H16ClN3O2/c1-12-5-6-15(18)16(9-12)23-8-7-20-17(22)21-14-4-2-3-13(10-14)11-19/h2-6,9-10H,7-8H2,1H3,(H2,20,21,22).